The Morgan fingerprint density at radius 1 is 1.60 bits per heavy atom. The number of aliphatic carboxylic acids is 1. The van der Waals surface area contributed by atoms with Crippen molar-refractivity contribution in [1.82, 2.24) is 0 Å². The molecule has 1 aliphatic carbocycles. The van der Waals surface area contributed by atoms with Crippen molar-refractivity contribution in [1.29, 1.82) is 0 Å². The Kier molecular flexibility index (Phi) is 2.43. The molecule has 58 valence electrons. The molecule has 0 bridgehead atoms. The number of hydrogen-bond donors (Lipinski definition) is 1. The number of carboxylic acid groups (broad SMARTS) is 1. The largest absolute Gasteiger partial charge is 0.481 e. The summed E-state index contributed by atoms with van der Waals surface area (Å²) in [6.07, 6.45) is 2.26. The summed E-state index contributed by atoms with van der Waals surface area (Å²) < 4.78 is 10.8. The van der Waals surface area contributed by atoms with Gasteiger partial charge in [-0.05, 0) is 18.8 Å². The van der Waals surface area contributed by atoms with Crippen molar-refractivity contribution in [3.63, 3.8) is 0 Å². The Labute approximate surface area is 61.9 Å². The lowest BCUT2D eigenvalue weighted by Crippen LogP contribution is -2.12. The molecule has 0 aromatic heterocycles. The first kappa shape index (κ1) is 7.72. The van der Waals surface area contributed by atoms with Crippen molar-refractivity contribution in [3.05, 3.63) is 0 Å². The summed E-state index contributed by atoms with van der Waals surface area (Å²) in [4.78, 5) is 10.0. The van der Waals surface area contributed by atoms with E-state index in [-0.39, 0.29) is 5.75 Å². The van der Waals surface area contributed by atoms with E-state index in [1.165, 1.54) is 0 Å². The van der Waals surface area contributed by atoms with Crippen LogP contribution < -0.4 is 0 Å². The van der Waals surface area contributed by atoms with Crippen LogP contribution in [0.15, 0.2) is 0 Å². The van der Waals surface area contributed by atoms with Gasteiger partial charge in [0.15, 0.2) is 0 Å². The van der Waals surface area contributed by atoms with Crippen LogP contribution in [0.1, 0.15) is 12.8 Å². The van der Waals surface area contributed by atoms with Crippen molar-refractivity contribution in [2.75, 3.05) is 11.5 Å². The molecule has 1 aliphatic rings. The van der Waals surface area contributed by atoms with Crippen molar-refractivity contribution in [3.8, 4) is 0 Å². The molecule has 1 saturated carbocycles. The van der Waals surface area contributed by atoms with E-state index in [4.69, 9.17) is 5.11 Å². The molecular weight excluding hydrogens is 152 g/mol. The van der Waals surface area contributed by atoms with E-state index in [0.717, 1.165) is 12.8 Å². The Hall–Kier alpha value is -0.380. The standard InChI is InChI=1S/C6H10O3S/c7-6(8)4-10(9)3-5-1-2-5/h5H,1-4H2,(H,7,8). The van der Waals surface area contributed by atoms with Gasteiger partial charge in [0.05, 0.1) is 0 Å². The van der Waals surface area contributed by atoms with Gasteiger partial charge in [-0.3, -0.25) is 9.00 Å². The second kappa shape index (κ2) is 3.14. The zero-order valence-electron chi connectivity index (χ0n) is 5.58. The van der Waals surface area contributed by atoms with Crippen LogP contribution in [-0.2, 0) is 15.6 Å². The zero-order valence-corrected chi connectivity index (χ0v) is 6.39. The van der Waals surface area contributed by atoms with E-state index in [2.05, 4.69) is 0 Å². The van der Waals surface area contributed by atoms with Gasteiger partial charge in [-0.15, -0.1) is 0 Å². The molecule has 0 heterocycles. The molecule has 1 atom stereocenters. The van der Waals surface area contributed by atoms with E-state index >= 15 is 0 Å². The topological polar surface area (TPSA) is 54.4 Å². The molecule has 3 nitrogen and oxygen atoms in total. The number of hydrogen-bond acceptors (Lipinski definition) is 2. The highest BCUT2D eigenvalue weighted by molar-refractivity contribution is 7.85. The molecule has 4 heteroatoms. The van der Waals surface area contributed by atoms with Crippen LogP contribution in [0.5, 0.6) is 0 Å². The van der Waals surface area contributed by atoms with Gasteiger partial charge < -0.3 is 5.11 Å². The van der Waals surface area contributed by atoms with Gasteiger partial charge in [-0.25, -0.2) is 0 Å². The van der Waals surface area contributed by atoms with Crippen molar-refractivity contribution in [2.24, 2.45) is 5.92 Å². The maximum absolute atomic E-state index is 10.8. The zero-order chi connectivity index (χ0) is 7.56. The van der Waals surface area contributed by atoms with E-state index in [1.54, 1.807) is 0 Å². The molecule has 0 spiro atoms. The van der Waals surface area contributed by atoms with Crippen molar-refractivity contribution >= 4 is 16.8 Å². The van der Waals surface area contributed by atoms with Crippen LogP contribution in [0.2, 0.25) is 0 Å². The van der Waals surface area contributed by atoms with Gasteiger partial charge in [-0.2, -0.15) is 0 Å². The molecule has 1 rings (SSSR count). The van der Waals surface area contributed by atoms with Gasteiger partial charge in [0, 0.05) is 16.6 Å². The quantitative estimate of drug-likeness (QED) is 0.643. The monoisotopic (exact) mass is 162 g/mol. The lowest BCUT2D eigenvalue weighted by Gasteiger charge is -1.93. The first-order valence-electron chi connectivity index (χ1n) is 3.25. The molecule has 0 aliphatic heterocycles. The Balaban J connectivity index is 2.14. The van der Waals surface area contributed by atoms with Gasteiger partial charge in [0.1, 0.15) is 5.75 Å². The number of rotatable bonds is 4. The van der Waals surface area contributed by atoms with Crippen LogP contribution in [-0.4, -0.2) is 26.8 Å². The Morgan fingerprint density at radius 3 is 2.60 bits per heavy atom. The van der Waals surface area contributed by atoms with Crippen LogP contribution in [0.3, 0.4) is 0 Å². The van der Waals surface area contributed by atoms with Crippen molar-refractivity contribution < 1.29 is 14.1 Å². The summed E-state index contributed by atoms with van der Waals surface area (Å²) in [6, 6.07) is 0. The van der Waals surface area contributed by atoms with Crippen LogP contribution >= 0.6 is 0 Å². The molecule has 0 amide bonds. The summed E-state index contributed by atoms with van der Waals surface area (Å²) in [5.41, 5.74) is 0. The van der Waals surface area contributed by atoms with Crippen LogP contribution in [0.4, 0.5) is 0 Å². The van der Waals surface area contributed by atoms with Gasteiger partial charge in [-0.1, -0.05) is 0 Å². The van der Waals surface area contributed by atoms with E-state index in [0.29, 0.717) is 11.7 Å². The highest BCUT2D eigenvalue weighted by Crippen LogP contribution is 2.29. The Bertz CT molecular complexity index is 162. The average Bonchev–Trinajstić information content (AvgIpc) is 2.46. The minimum absolute atomic E-state index is 0.184. The number of carbonyl (C=O) groups is 1. The highest BCUT2D eigenvalue weighted by Gasteiger charge is 2.24. The van der Waals surface area contributed by atoms with Gasteiger partial charge in [0.2, 0.25) is 0 Å². The fraction of sp³-hybridized carbons (Fsp3) is 0.833. The predicted molar refractivity (Wildman–Crippen MR) is 38.2 cm³/mol. The second-order valence-corrected chi connectivity index (χ2v) is 4.09. The third kappa shape index (κ3) is 2.96. The van der Waals surface area contributed by atoms with Crippen LogP contribution in [0, 0.1) is 5.92 Å². The summed E-state index contributed by atoms with van der Waals surface area (Å²) in [7, 11) is -1.12. The lowest BCUT2D eigenvalue weighted by atomic mass is 10.5. The SMILES string of the molecule is O=C(O)CS(=O)CC1CC1. The Morgan fingerprint density at radius 2 is 2.20 bits per heavy atom. The predicted octanol–water partition coefficient (Wildman–Crippen LogP) is 0.230. The molecule has 0 radical (unpaired) electrons. The van der Waals surface area contributed by atoms with E-state index in [1.807, 2.05) is 0 Å². The normalized spacial score (nSPS) is 20.4. The lowest BCUT2D eigenvalue weighted by molar-refractivity contribution is -0.133. The fourth-order valence-corrected chi connectivity index (χ4v) is 2.00. The first-order chi connectivity index (χ1) is 4.68. The first-order valence-corrected chi connectivity index (χ1v) is 4.74. The summed E-state index contributed by atoms with van der Waals surface area (Å²) in [5.74, 6) is 0.00201. The summed E-state index contributed by atoms with van der Waals surface area (Å²) >= 11 is 0. The van der Waals surface area contributed by atoms with E-state index in [9.17, 15) is 9.00 Å². The van der Waals surface area contributed by atoms with Gasteiger partial charge >= 0.3 is 5.97 Å². The highest BCUT2D eigenvalue weighted by atomic mass is 32.2. The van der Waals surface area contributed by atoms with Crippen molar-refractivity contribution in [2.45, 2.75) is 12.8 Å². The molecule has 1 N–H and O–H groups in total. The molecule has 0 aromatic carbocycles. The number of carboxylic acids is 1. The molecule has 10 heavy (non-hydrogen) atoms. The van der Waals surface area contributed by atoms with E-state index < -0.39 is 16.8 Å². The summed E-state index contributed by atoms with van der Waals surface area (Å²) in [6.45, 7) is 0. The molecular formula is C6H10O3S. The third-order valence-electron chi connectivity index (χ3n) is 1.40. The molecule has 1 unspecified atom stereocenters. The molecule has 0 saturated heterocycles. The molecule has 1 fully saturated rings. The minimum atomic E-state index is -1.12. The second-order valence-electron chi connectivity index (χ2n) is 2.59. The maximum atomic E-state index is 10.8. The smallest absolute Gasteiger partial charge is 0.316 e. The third-order valence-corrected chi connectivity index (χ3v) is 2.82. The van der Waals surface area contributed by atoms with Gasteiger partial charge in [0.25, 0.3) is 0 Å². The molecule has 0 aromatic rings. The van der Waals surface area contributed by atoms with Crippen LogP contribution in [0.25, 0.3) is 0 Å². The average molecular weight is 162 g/mol. The minimum Gasteiger partial charge on any atom is -0.481 e. The maximum Gasteiger partial charge on any atom is 0.316 e. The summed E-state index contributed by atoms with van der Waals surface area (Å²) in [5, 5.41) is 8.22. The fourth-order valence-electron chi connectivity index (χ4n) is 0.744.